The third-order valence-corrected chi connectivity index (χ3v) is 3.74. The molecule has 1 N–H and O–H groups in total. The van der Waals surface area contributed by atoms with E-state index in [1.54, 1.807) is 6.07 Å². The summed E-state index contributed by atoms with van der Waals surface area (Å²) in [6.07, 6.45) is 4.23. The molecule has 0 aliphatic rings. The summed E-state index contributed by atoms with van der Waals surface area (Å²) in [5.41, 5.74) is 2.36. The molecule has 4 heteroatoms. The van der Waals surface area contributed by atoms with E-state index in [0.717, 1.165) is 18.7 Å². The number of hydrogen-bond acceptors (Lipinski definition) is 1. The Morgan fingerprint density at radius 1 is 1.26 bits per heavy atom. The van der Waals surface area contributed by atoms with Gasteiger partial charge in [0, 0.05) is 35.0 Å². The molecule has 1 heterocycles. The number of hydrogen-bond donors (Lipinski definition) is 1. The number of benzene rings is 1. The average Bonchev–Trinajstić information content (AvgIpc) is 2.82. The van der Waals surface area contributed by atoms with Crippen molar-refractivity contribution in [2.45, 2.75) is 26.4 Å². The molecule has 0 amide bonds. The van der Waals surface area contributed by atoms with Crippen molar-refractivity contribution in [2.24, 2.45) is 0 Å². The first-order chi connectivity index (χ1) is 9.10. The molecule has 2 aromatic rings. The second-order valence-corrected chi connectivity index (χ2v) is 5.48. The van der Waals surface area contributed by atoms with Gasteiger partial charge in [-0.15, -0.1) is 0 Å². The summed E-state index contributed by atoms with van der Waals surface area (Å²) in [5, 5.41) is 4.78. The van der Waals surface area contributed by atoms with E-state index in [4.69, 9.17) is 23.2 Å². The minimum absolute atomic E-state index is 0.368. The second kappa shape index (κ2) is 6.47. The first-order valence-electron chi connectivity index (χ1n) is 6.43. The zero-order valence-electron chi connectivity index (χ0n) is 11.2. The Balaban J connectivity index is 2.11. The van der Waals surface area contributed by atoms with Crippen molar-refractivity contribution >= 4 is 23.2 Å². The number of aromatic nitrogens is 1. The molecule has 102 valence electrons. The van der Waals surface area contributed by atoms with Crippen LogP contribution in [0, 0.1) is 0 Å². The molecule has 1 unspecified atom stereocenters. The molecule has 0 bridgehead atoms. The normalized spacial score (nSPS) is 12.6. The highest BCUT2D eigenvalue weighted by Gasteiger charge is 2.07. The molecule has 0 aliphatic carbocycles. The average molecular weight is 297 g/mol. The third kappa shape index (κ3) is 3.75. The Morgan fingerprint density at radius 2 is 2.05 bits per heavy atom. The van der Waals surface area contributed by atoms with Crippen molar-refractivity contribution in [2.75, 3.05) is 6.54 Å². The van der Waals surface area contributed by atoms with Gasteiger partial charge in [0.2, 0.25) is 0 Å². The predicted octanol–water partition coefficient (Wildman–Crippen LogP) is 4.51. The quantitative estimate of drug-likeness (QED) is 0.859. The fourth-order valence-electron chi connectivity index (χ4n) is 2.08. The van der Waals surface area contributed by atoms with E-state index in [-0.39, 0.29) is 0 Å². The lowest BCUT2D eigenvalue weighted by molar-refractivity contribution is 0.596. The Kier molecular flexibility index (Phi) is 4.92. The molecular weight excluding hydrogens is 279 g/mol. The fourth-order valence-corrected chi connectivity index (χ4v) is 2.55. The predicted molar refractivity (Wildman–Crippen MR) is 82.1 cm³/mol. The van der Waals surface area contributed by atoms with Gasteiger partial charge in [-0.05, 0) is 42.8 Å². The summed E-state index contributed by atoms with van der Waals surface area (Å²) in [6.45, 7) is 6.00. The monoisotopic (exact) mass is 296 g/mol. The van der Waals surface area contributed by atoms with Crippen molar-refractivity contribution < 1.29 is 0 Å². The fraction of sp³-hybridized carbons (Fsp3) is 0.333. The number of nitrogens with zero attached hydrogens (tertiary/aromatic N) is 1. The van der Waals surface area contributed by atoms with E-state index >= 15 is 0 Å². The minimum atomic E-state index is 0.368. The second-order valence-electron chi connectivity index (χ2n) is 4.63. The van der Waals surface area contributed by atoms with E-state index in [1.807, 2.05) is 12.1 Å². The van der Waals surface area contributed by atoms with Crippen LogP contribution in [-0.4, -0.2) is 11.1 Å². The number of nitrogens with one attached hydrogen (secondary N) is 1. The summed E-state index contributed by atoms with van der Waals surface area (Å²) in [7, 11) is 0. The van der Waals surface area contributed by atoms with Crippen LogP contribution in [0.15, 0.2) is 36.7 Å². The summed E-state index contributed by atoms with van der Waals surface area (Å²) in [4.78, 5) is 0. The molecule has 19 heavy (non-hydrogen) atoms. The van der Waals surface area contributed by atoms with Gasteiger partial charge in [-0.2, -0.15) is 0 Å². The highest BCUT2D eigenvalue weighted by atomic mass is 35.5. The summed E-state index contributed by atoms with van der Waals surface area (Å²) >= 11 is 12.1. The third-order valence-electron chi connectivity index (χ3n) is 3.15. The lowest BCUT2D eigenvalue weighted by Gasteiger charge is -2.10. The van der Waals surface area contributed by atoms with Crippen molar-refractivity contribution in [1.82, 2.24) is 9.88 Å². The lowest BCUT2D eigenvalue weighted by Crippen LogP contribution is -2.17. The van der Waals surface area contributed by atoms with Crippen LogP contribution >= 0.6 is 23.2 Å². The summed E-state index contributed by atoms with van der Waals surface area (Å²) in [5.74, 6) is 0. The van der Waals surface area contributed by atoms with Gasteiger partial charge in [-0.25, -0.2) is 0 Å². The van der Waals surface area contributed by atoms with Crippen LogP contribution < -0.4 is 5.32 Å². The summed E-state index contributed by atoms with van der Waals surface area (Å²) < 4.78 is 2.14. The van der Waals surface area contributed by atoms with Gasteiger partial charge in [-0.1, -0.05) is 36.2 Å². The largest absolute Gasteiger partial charge is 0.350 e. The molecule has 1 aromatic heterocycles. The standard InChI is InChI=1S/C15H18Cl2N2/c1-3-18-11(2)12-6-7-19(9-12)10-13-4-5-14(16)8-15(13)17/h4-9,11,18H,3,10H2,1-2H3. The Morgan fingerprint density at radius 3 is 2.74 bits per heavy atom. The first kappa shape index (κ1) is 14.4. The van der Waals surface area contributed by atoms with Gasteiger partial charge >= 0.3 is 0 Å². The van der Waals surface area contributed by atoms with Crippen molar-refractivity contribution in [3.8, 4) is 0 Å². The van der Waals surface area contributed by atoms with Crippen LogP contribution in [0.5, 0.6) is 0 Å². The Bertz CT molecular complexity index is 549. The molecule has 1 atom stereocenters. The van der Waals surface area contributed by atoms with Gasteiger partial charge in [0.05, 0.1) is 0 Å². The van der Waals surface area contributed by atoms with Crippen LogP contribution in [0.25, 0.3) is 0 Å². The molecule has 0 saturated heterocycles. The van der Waals surface area contributed by atoms with Gasteiger partial charge in [-0.3, -0.25) is 0 Å². The molecule has 2 nitrogen and oxygen atoms in total. The van der Waals surface area contributed by atoms with E-state index in [9.17, 15) is 0 Å². The van der Waals surface area contributed by atoms with Gasteiger partial charge < -0.3 is 9.88 Å². The van der Waals surface area contributed by atoms with Crippen LogP contribution in [0.1, 0.15) is 31.0 Å². The van der Waals surface area contributed by atoms with Crippen LogP contribution in [0.3, 0.4) is 0 Å². The Labute approximate surface area is 124 Å². The number of halogens is 2. The van der Waals surface area contributed by atoms with E-state index in [2.05, 4.69) is 42.2 Å². The van der Waals surface area contributed by atoms with Crippen LogP contribution in [0.4, 0.5) is 0 Å². The Hall–Kier alpha value is -0.960. The first-order valence-corrected chi connectivity index (χ1v) is 7.18. The molecule has 0 radical (unpaired) electrons. The van der Waals surface area contributed by atoms with Gasteiger partial charge in [0.1, 0.15) is 0 Å². The smallest absolute Gasteiger partial charge is 0.0485 e. The van der Waals surface area contributed by atoms with Crippen molar-refractivity contribution in [1.29, 1.82) is 0 Å². The van der Waals surface area contributed by atoms with Crippen LogP contribution in [0.2, 0.25) is 10.0 Å². The van der Waals surface area contributed by atoms with Gasteiger partial charge in [0.15, 0.2) is 0 Å². The minimum Gasteiger partial charge on any atom is -0.350 e. The molecule has 1 aromatic carbocycles. The van der Waals surface area contributed by atoms with E-state index < -0.39 is 0 Å². The molecule has 0 aliphatic heterocycles. The maximum absolute atomic E-state index is 6.19. The van der Waals surface area contributed by atoms with Crippen molar-refractivity contribution in [3.05, 3.63) is 57.8 Å². The van der Waals surface area contributed by atoms with E-state index in [1.165, 1.54) is 5.56 Å². The molecular formula is C15H18Cl2N2. The zero-order valence-corrected chi connectivity index (χ0v) is 12.7. The SMILES string of the molecule is CCNC(C)c1ccn(Cc2ccc(Cl)cc2Cl)c1. The molecule has 0 spiro atoms. The lowest BCUT2D eigenvalue weighted by atomic mass is 10.2. The van der Waals surface area contributed by atoms with Crippen LogP contribution in [-0.2, 0) is 6.54 Å². The number of rotatable bonds is 5. The highest BCUT2D eigenvalue weighted by Crippen LogP contribution is 2.22. The van der Waals surface area contributed by atoms with Gasteiger partial charge in [0.25, 0.3) is 0 Å². The summed E-state index contributed by atoms with van der Waals surface area (Å²) in [6, 6.07) is 8.13. The molecule has 2 rings (SSSR count). The zero-order chi connectivity index (χ0) is 13.8. The topological polar surface area (TPSA) is 17.0 Å². The van der Waals surface area contributed by atoms with Crippen molar-refractivity contribution in [3.63, 3.8) is 0 Å². The highest BCUT2D eigenvalue weighted by molar-refractivity contribution is 6.35. The maximum atomic E-state index is 6.19. The van der Waals surface area contributed by atoms with E-state index in [0.29, 0.717) is 16.1 Å². The molecule has 0 saturated carbocycles. The maximum Gasteiger partial charge on any atom is 0.0485 e. The molecule has 0 fully saturated rings.